The van der Waals surface area contributed by atoms with E-state index < -0.39 is 20.7 Å². The second-order valence-electron chi connectivity index (χ2n) is 4.09. The van der Waals surface area contributed by atoms with E-state index in [1.807, 2.05) is 0 Å². The summed E-state index contributed by atoms with van der Waals surface area (Å²) >= 11 is 0. The molecular formula is C12H14FN3O3S. The molecule has 0 radical (unpaired) electrons. The Bertz CT molecular complexity index is 671. The molecular weight excluding hydrogens is 285 g/mol. The number of benzene rings is 1. The molecule has 0 bridgehead atoms. The van der Waals surface area contributed by atoms with Crippen molar-refractivity contribution < 1.29 is 17.9 Å². The molecule has 2 N–H and O–H groups in total. The summed E-state index contributed by atoms with van der Waals surface area (Å²) in [4.78, 5) is -0.435. The molecule has 1 aromatic heterocycles. The highest BCUT2D eigenvalue weighted by Crippen LogP contribution is 2.15. The van der Waals surface area contributed by atoms with Crippen LogP contribution in [0.2, 0.25) is 0 Å². The van der Waals surface area contributed by atoms with Gasteiger partial charge in [-0.05, 0) is 23.8 Å². The summed E-state index contributed by atoms with van der Waals surface area (Å²) in [5, 5.41) is 12.8. The van der Waals surface area contributed by atoms with Gasteiger partial charge in [0.2, 0.25) is 10.0 Å². The summed E-state index contributed by atoms with van der Waals surface area (Å²) in [6.07, 6.45) is 3.28. The first kappa shape index (κ1) is 14.6. The smallest absolute Gasteiger partial charge is 0.243 e. The molecule has 0 aliphatic heterocycles. The van der Waals surface area contributed by atoms with Gasteiger partial charge in [0.25, 0.3) is 0 Å². The molecule has 8 heteroatoms. The number of hydrogen-bond donors (Lipinski definition) is 2. The Morgan fingerprint density at radius 2 is 2.20 bits per heavy atom. The largest absolute Gasteiger partial charge is 0.392 e. The maximum absolute atomic E-state index is 13.7. The molecule has 0 saturated carbocycles. The highest BCUT2D eigenvalue weighted by atomic mass is 32.2. The minimum absolute atomic E-state index is 0.102. The molecule has 0 amide bonds. The van der Waals surface area contributed by atoms with Crippen LogP contribution in [-0.4, -0.2) is 29.8 Å². The van der Waals surface area contributed by atoms with Crippen LogP contribution in [0.5, 0.6) is 0 Å². The summed E-state index contributed by atoms with van der Waals surface area (Å²) < 4.78 is 41.4. The number of nitrogens with one attached hydrogen (secondary N) is 1. The Morgan fingerprint density at radius 3 is 2.80 bits per heavy atom. The average Bonchev–Trinajstić information content (AvgIpc) is 2.91. The Kier molecular flexibility index (Phi) is 4.48. The van der Waals surface area contributed by atoms with Gasteiger partial charge in [0.05, 0.1) is 13.2 Å². The van der Waals surface area contributed by atoms with E-state index in [0.717, 1.165) is 12.1 Å². The van der Waals surface area contributed by atoms with Crippen LogP contribution in [0.1, 0.15) is 5.56 Å². The number of rotatable bonds is 6. The second-order valence-corrected chi connectivity index (χ2v) is 5.83. The summed E-state index contributed by atoms with van der Waals surface area (Å²) in [6, 6.07) is 5.23. The minimum atomic E-state index is -3.92. The zero-order valence-corrected chi connectivity index (χ0v) is 11.3. The fourth-order valence-electron chi connectivity index (χ4n) is 1.67. The van der Waals surface area contributed by atoms with Crippen LogP contribution in [0, 0.1) is 5.82 Å². The van der Waals surface area contributed by atoms with Crippen molar-refractivity contribution in [2.45, 2.75) is 18.0 Å². The van der Waals surface area contributed by atoms with E-state index in [1.165, 1.54) is 6.07 Å². The molecule has 20 heavy (non-hydrogen) atoms. The van der Waals surface area contributed by atoms with E-state index in [-0.39, 0.29) is 13.2 Å². The maximum Gasteiger partial charge on any atom is 0.243 e. The summed E-state index contributed by atoms with van der Waals surface area (Å²) in [6.45, 7) is 0.109. The molecule has 0 fully saturated rings. The van der Waals surface area contributed by atoms with Crippen molar-refractivity contribution in [2.75, 3.05) is 6.54 Å². The predicted octanol–water partition coefficient (Wildman–Crippen LogP) is 0.493. The van der Waals surface area contributed by atoms with Gasteiger partial charge in [-0.3, -0.25) is 4.68 Å². The van der Waals surface area contributed by atoms with Crippen LogP contribution in [0.25, 0.3) is 0 Å². The molecule has 0 atom stereocenters. The summed E-state index contributed by atoms with van der Waals surface area (Å²) in [5.74, 6) is -0.886. The monoisotopic (exact) mass is 299 g/mol. The number of aliphatic hydroxyl groups is 1. The number of sulfonamides is 1. The van der Waals surface area contributed by atoms with Crippen LogP contribution in [0.3, 0.4) is 0 Å². The Morgan fingerprint density at radius 1 is 1.40 bits per heavy atom. The van der Waals surface area contributed by atoms with Crippen LogP contribution < -0.4 is 4.72 Å². The lowest BCUT2D eigenvalue weighted by Gasteiger charge is -2.08. The Hall–Kier alpha value is -1.77. The van der Waals surface area contributed by atoms with Gasteiger partial charge in [-0.2, -0.15) is 5.10 Å². The second kappa shape index (κ2) is 6.12. The summed E-state index contributed by atoms with van der Waals surface area (Å²) in [5.41, 5.74) is 0.318. The standard InChI is InChI=1S/C12H14FN3O3S/c13-11-8-10(9-17)2-3-12(11)20(18,19)15-5-7-16-6-1-4-14-16/h1-4,6,8,15,17H,5,7,9H2. The molecule has 6 nitrogen and oxygen atoms in total. The maximum atomic E-state index is 13.7. The Labute approximate surface area is 115 Å². The van der Waals surface area contributed by atoms with Crippen LogP contribution in [0.4, 0.5) is 4.39 Å². The highest BCUT2D eigenvalue weighted by molar-refractivity contribution is 7.89. The molecule has 0 aliphatic rings. The van der Waals surface area contributed by atoms with Gasteiger partial charge in [0, 0.05) is 18.9 Å². The van der Waals surface area contributed by atoms with Crippen molar-refractivity contribution in [2.24, 2.45) is 0 Å². The van der Waals surface area contributed by atoms with E-state index in [2.05, 4.69) is 9.82 Å². The van der Waals surface area contributed by atoms with Crippen molar-refractivity contribution in [3.8, 4) is 0 Å². The van der Waals surface area contributed by atoms with Crippen LogP contribution >= 0.6 is 0 Å². The highest BCUT2D eigenvalue weighted by Gasteiger charge is 2.18. The van der Waals surface area contributed by atoms with Gasteiger partial charge in [-0.15, -0.1) is 0 Å². The third-order valence-corrected chi connectivity index (χ3v) is 4.15. The zero-order chi connectivity index (χ0) is 14.6. The summed E-state index contributed by atoms with van der Waals surface area (Å²) in [7, 11) is -3.92. The molecule has 2 rings (SSSR count). The van der Waals surface area contributed by atoms with Crippen molar-refractivity contribution in [3.63, 3.8) is 0 Å². The van der Waals surface area contributed by atoms with E-state index in [4.69, 9.17) is 5.11 Å². The normalized spacial score (nSPS) is 11.7. The SMILES string of the molecule is O=S(=O)(NCCn1cccn1)c1ccc(CO)cc1F. The van der Waals surface area contributed by atoms with E-state index in [0.29, 0.717) is 12.1 Å². The molecule has 2 aromatic rings. The third kappa shape index (κ3) is 3.41. The van der Waals surface area contributed by atoms with Crippen molar-refractivity contribution in [3.05, 3.63) is 48.0 Å². The van der Waals surface area contributed by atoms with Gasteiger partial charge in [0.15, 0.2) is 0 Å². The predicted molar refractivity (Wildman–Crippen MR) is 69.7 cm³/mol. The fourth-order valence-corrected chi connectivity index (χ4v) is 2.74. The van der Waals surface area contributed by atoms with E-state index >= 15 is 0 Å². The molecule has 1 aromatic carbocycles. The quantitative estimate of drug-likeness (QED) is 0.813. The number of halogens is 1. The first-order chi connectivity index (χ1) is 9.53. The molecule has 0 aliphatic carbocycles. The van der Waals surface area contributed by atoms with Crippen molar-refractivity contribution in [1.29, 1.82) is 0 Å². The van der Waals surface area contributed by atoms with Gasteiger partial charge >= 0.3 is 0 Å². The number of hydrogen-bond acceptors (Lipinski definition) is 4. The lowest BCUT2D eigenvalue weighted by atomic mass is 10.2. The molecule has 0 unspecified atom stereocenters. The zero-order valence-electron chi connectivity index (χ0n) is 10.5. The molecule has 0 spiro atoms. The molecule has 1 heterocycles. The first-order valence-electron chi connectivity index (χ1n) is 5.89. The molecule has 0 saturated heterocycles. The van der Waals surface area contributed by atoms with Crippen LogP contribution in [-0.2, 0) is 23.2 Å². The van der Waals surface area contributed by atoms with E-state index in [1.54, 1.807) is 23.1 Å². The Balaban J connectivity index is 2.06. The van der Waals surface area contributed by atoms with Gasteiger partial charge in [0.1, 0.15) is 10.7 Å². The van der Waals surface area contributed by atoms with Gasteiger partial charge < -0.3 is 5.11 Å². The van der Waals surface area contributed by atoms with Gasteiger partial charge in [-0.1, -0.05) is 6.07 Å². The third-order valence-electron chi connectivity index (χ3n) is 2.66. The number of aromatic nitrogens is 2. The van der Waals surface area contributed by atoms with Crippen molar-refractivity contribution >= 4 is 10.0 Å². The molecule has 108 valence electrons. The average molecular weight is 299 g/mol. The first-order valence-corrected chi connectivity index (χ1v) is 7.37. The van der Waals surface area contributed by atoms with Crippen LogP contribution in [0.15, 0.2) is 41.6 Å². The van der Waals surface area contributed by atoms with E-state index in [9.17, 15) is 12.8 Å². The lowest BCUT2D eigenvalue weighted by molar-refractivity contribution is 0.281. The van der Waals surface area contributed by atoms with Gasteiger partial charge in [-0.25, -0.2) is 17.5 Å². The van der Waals surface area contributed by atoms with Crippen molar-refractivity contribution in [1.82, 2.24) is 14.5 Å². The topological polar surface area (TPSA) is 84.2 Å². The lowest BCUT2D eigenvalue weighted by Crippen LogP contribution is -2.28. The fraction of sp³-hybridized carbons (Fsp3) is 0.250. The number of nitrogens with zero attached hydrogens (tertiary/aromatic N) is 2. The minimum Gasteiger partial charge on any atom is -0.392 e. The number of aliphatic hydroxyl groups excluding tert-OH is 1.